The maximum absolute atomic E-state index is 6.37. The summed E-state index contributed by atoms with van der Waals surface area (Å²) < 4.78 is 8.94. The number of anilines is 3. The molecule has 0 amide bonds. The topological polar surface area (TPSA) is 29.3 Å². The van der Waals surface area contributed by atoms with Crippen LogP contribution in [0.5, 0.6) is 0 Å². The molecule has 0 spiro atoms. The van der Waals surface area contributed by atoms with Crippen LogP contribution in [-0.2, 0) is 0 Å². The highest BCUT2D eigenvalue weighted by molar-refractivity contribution is 7.25. The van der Waals surface area contributed by atoms with Crippen LogP contribution in [0.15, 0.2) is 162 Å². The molecule has 7 aromatic carbocycles. The molecular weight excluding hydrogens is 569 g/mol. The van der Waals surface area contributed by atoms with Crippen LogP contribution in [0.3, 0.4) is 0 Å². The van der Waals surface area contributed by atoms with Crippen LogP contribution in [0.4, 0.5) is 17.1 Å². The van der Waals surface area contributed by atoms with Gasteiger partial charge < -0.3 is 9.32 Å². The number of thiophene rings is 1. The standard InChI is InChI=1S/C41H26N2OS/c1-3-11-27(12-4-1)32-15-7-9-17-37(32)43(31-21-23-35-34-16-8-10-18-38(34)45-39(35)26-31)30-20-22-33-29(25-30)19-24-36-40(33)44-41(42-36)28-13-5-2-6-14-28/h1-26H. The molecule has 0 aliphatic carbocycles. The first-order valence-electron chi connectivity index (χ1n) is 15.0. The van der Waals surface area contributed by atoms with Crippen molar-refractivity contribution < 1.29 is 4.42 Å². The molecule has 0 saturated heterocycles. The van der Waals surface area contributed by atoms with Gasteiger partial charge in [-0.1, -0.05) is 97.1 Å². The molecule has 9 rings (SSSR count). The van der Waals surface area contributed by atoms with E-state index in [0.717, 1.165) is 44.5 Å². The third-order valence-electron chi connectivity index (χ3n) is 8.48. The predicted molar refractivity (Wildman–Crippen MR) is 190 cm³/mol. The Hall–Kier alpha value is -5.71. The van der Waals surface area contributed by atoms with Crippen LogP contribution in [0.1, 0.15) is 0 Å². The normalized spacial score (nSPS) is 11.6. The van der Waals surface area contributed by atoms with E-state index in [1.807, 2.05) is 41.7 Å². The van der Waals surface area contributed by atoms with E-state index in [1.165, 1.54) is 31.3 Å². The molecule has 0 fully saturated rings. The molecule has 3 nitrogen and oxygen atoms in total. The van der Waals surface area contributed by atoms with Gasteiger partial charge in [0, 0.05) is 48.1 Å². The molecule has 212 valence electrons. The second kappa shape index (κ2) is 10.5. The van der Waals surface area contributed by atoms with Gasteiger partial charge in [-0.15, -0.1) is 11.3 Å². The second-order valence-corrected chi connectivity index (χ2v) is 12.3. The Bertz CT molecular complexity index is 2500. The number of nitrogens with zero attached hydrogens (tertiary/aromatic N) is 2. The van der Waals surface area contributed by atoms with Gasteiger partial charge in [-0.2, -0.15) is 0 Å². The van der Waals surface area contributed by atoms with Gasteiger partial charge in [0.2, 0.25) is 5.89 Å². The zero-order valence-corrected chi connectivity index (χ0v) is 25.0. The summed E-state index contributed by atoms with van der Waals surface area (Å²) in [6.45, 7) is 0. The zero-order valence-electron chi connectivity index (χ0n) is 24.2. The number of fused-ring (bicyclic) bond motifs is 6. The summed E-state index contributed by atoms with van der Waals surface area (Å²) in [5.74, 6) is 0.636. The molecule has 2 heterocycles. The average molecular weight is 595 g/mol. The maximum Gasteiger partial charge on any atom is 0.227 e. The van der Waals surface area contributed by atoms with Crippen molar-refractivity contribution in [2.75, 3.05) is 4.90 Å². The van der Waals surface area contributed by atoms with Crippen LogP contribution in [0.2, 0.25) is 0 Å². The van der Waals surface area contributed by atoms with Crippen molar-refractivity contribution >= 4 is 70.4 Å². The monoisotopic (exact) mass is 594 g/mol. The molecule has 0 bridgehead atoms. The Labute approximate surface area is 264 Å². The molecule has 0 atom stereocenters. The van der Waals surface area contributed by atoms with Crippen molar-refractivity contribution in [2.45, 2.75) is 0 Å². The van der Waals surface area contributed by atoms with E-state index in [2.05, 4.69) is 132 Å². The molecule has 9 aromatic rings. The molecule has 2 aromatic heterocycles. The van der Waals surface area contributed by atoms with Crippen LogP contribution in [0, 0.1) is 0 Å². The molecule has 0 N–H and O–H groups in total. The fourth-order valence-electron chi connectivity index (χ4n) is 6.36. The van der Waals surface area contributed by atoms with E-state index in [-0.39, 0.29) is 0 Å². The van der Waals surface area contributed by atoms with Gasteiger partial charge in [0.1, 0.15) is 5.52 Å². The van der Waals surface area contributed by atoms with Gasteiger partial charge in [-0.05, 0) is 71.6 Å². The Balaban J connectivity index is 1.25. The number of para-hydroxylation sites is 1. The lowest BCUT2D eigenvalue weighted by Crippen LogP contribution is -2.11. The molecule has 0 aliphatic heterocycles. The van der Waals surface area contributed by atoms with Gasteiger partial charge in [0.25, 0.3) is 0 Å². The quantitative estimate of drug-likeness (QED) is 0.198. The summed E-state index contributed by atoms with van der Waals surface area (Å²) in [6.07, 6.45) is 0. The van der Waals surface area contributed by atoms with Crippen molar-refractivity contribution in [3.63, 3.8) is 0 Å². The first kappa shape index (κ1) is 25.8. The molecule has 0 aliphatic rings. The lowest BCUT2D eigenvalue weighted by molar-refractivity contribution is 0.623. The van der Waals surface area contributed by atoms with Gasteiger partial charge in [0.15, 0.2) is 5.58 Å². The summed E-state index contributed by atoms with van der Waals surface area (Å²) >= 11 is 1.84. The third-order valence-corrected chi connectivity index (χ3v) is 9.62. The predicted octanol–water partition coefficient (Wildman–Crippen LogP) is 12.2. The summed E-state index contributed by atoms with van der Waals surface area (Å²) in [6, 6.07) is 55.7. The highest BCUT2D eigenvalue weighted by Gasteiger charge is 2.20. The number of aromatic nitrogens is 1. The highest BCUT2D eigenvalue weighted by Crippen LogP contribution is 2.44. The Morgan fingerprint density at radius 3 is 2.02 bits per heavy atom. The maximum atomic E-state index is 6.37. The van der Waals surface area contributed by atoms with Gasteiger partial charge >= 0.3 is 0 Å². The van der Waals surface area contributed by atoms with Crippen LogP contribution >= 0.6 is 11.3 Å². The molecule has 0 saturated carbocycles. The summed E-state index contributed by atoms with van der Waals surface area (Å²) in [4.78, 5) is 7.18. The van der Waals surface area contributed by atoms with Crippen molar-refractivity contribution in [3.8, 4) is 22.6 Å². The minimum absolute atomic E-state index is 0.636. The van der Waals surface area contributed by atoms with Gasteiger partial charge in [-0.3, -0.25) is 0 Å². The Morgan fingerprint density at radius 2 is 1.18 bits per heavy atom. The second-order valence-electron chi connectivity index (χ2n) is 11.2. The largest absolute Gasteiger partial charge is 0.435 e. The number of rotatable bonds is 5. The van der Waals surface area contributed by atoms with Crippen molar-refractivity contribution in [3.05, 3.63) is 158 Å². The SMILES string of the molecule is c1ccc(-c2nc3ccc4cc(N(c5ccc6c(c5)sc5ccccc56)c5ccccc5-c5ccccc5)ccc4c3o2)cc1. The number of hydrogen-bond acceptors (Lipinski definition) is 4. The summed E-state index contributed by atoms with van der Waals surface area (Å²) in [5.41, 5.74) is 8.30. The molecule has 0 unspecified atom stereocenters. The fraction of sp³-hybridized carbons (Fsp3) is 0. The van der Waals surface area contributed by atoms with Crippen molar-refractivity contribution in [1.82, 2.24) is 4.98 Å². The Kier molecular flexibility index (Phi) is 6.00. The minimum atomic E-state index is 0.636. The molecular formula is C41H26N2OS. The smallest absolute Gasteiger partial charge is 0.227 e. The van der Waals surface area contributed by atoms with E-state index < -0.39 is 0 Å². The number of benzene rings is 7. The number of oxazole rings is 1. The average Bonchev–Trinajstić information content (AvgIpc) is 3.71. The van der Waals surface area contributed by atoms with Crippen LogP contribution in [-0.4, -0.2) is 4.98 Å². The molecule has 4 heteroatoms. The van der Waals surface area contributed by atoms with E-state index in [1.54, 1.807) is 0 Å². The highest BCUT2D eigenvalue weighted by atomic mass is 32.1. The minimum Gasteiger partial charge on any atom is -0.435 e. The van der Waals surface area contributed by atoms with E-state index in [4.69, 9.17) is 9.40 Å². The fourth-order valence-corrected chi connectivity index (χ4v) is 7.50. The van der Waals surface area contributed by atoms with Crippen molar-refractivity contribution in [1.29, 1.82) is 0 Å². The molecule has 0 radical (unpaired) electrons. The lowest BCUT2D eigenvalue weighted by Gasteiger charge is -2.28. The van der Waals surface area contributed by atoms with E-state index >= 15 is 0 Å². The van der Waals surface area contributed by atoms with Gasteiger partial charge in [0.05, 0.1) is 5.69 Å². The first-order valence-corrected chi connectivity index (χ1v) is 15.9. The van der Waals surface area contributed by atoms with Crippen LogP contribution < -0.4 is 4.90 Å². The molecule has 45 heavy (non-hydrogen) atoms. The first-order chi connectivity index (χ1) is 22.3. The van der Waals surface area contributed by atoms with Crippen LogP contribution in [0.25, 0.3) is 64.6 Å². The van der Waals surface area contributed by atoms with E-state index in [9.17, 15) is 0 Å². The zero-order chi connectivity index (χ0) is 29.7. The van der Waals surface area contributed by atoms with Crippen molar-refractivity contribution in [2.24, 2.45) is 0 Å². The summed E-state index contributed by atoms with van der Waals surface area (Å²) in [7, 11) is 0. The third kappa shape index (κ3) is 4.38. The van der Waals surface area contributed by atoms with E-state index in [0.29, 0.717) is 5.89 Å². The van der Waals surface area contributed by atoms with Gasteiger partial charge in [-0.25, -0.2) is 4.98 Å². The summed E-state index contributed by atoms with van der Waals surface area (Å²) in [5, 5.41) is 4.73. The number of hydrogen-bond donors (Lipinski definition) is 0. The Morgan fingerprint density at radius 1 is 0.511 bits per heavy atom. The lowest BCUT2D eigenvalue weighted by atomic mass is 10.0.